The van der Waals surface area contributed by atoms with E-state index in [0.29, 0.717) is 12.5 Å². The molecule has 2 aromatic rings. The van der Waals surface area contributed by atoms with E-state index in [2.05, 4.69) is 42.7 Å². The first-order chi connectivity index (χ1) is 11.6. The van der Waals surface area contributed by atoms with Gasteiger partial charge in [-0.3, -0.25) is 4.79 Å². The Balaban J connectivity index is 1.45. The minimum Gasteiger partial charge on any atom is -0.484 e. The third-order valence-corrected chi connectivity index (χ3v) is 4.31. The number of nitrogens with one attached hydrogen (secondary N) is 2. The first-order valence-corrected chi connectivity index (χ1v) is 8.42. The Morgan fingerprint density at radius 3 is 2.62 bits per heavy atom. The van der Waals surface area contributed by atoms with Crippen LogP contribution >= 0.6 is 0 Å². The van der Waals surface area contributed by atoms with E-state index in [1.807, 2.05) is 24.3 Å². The third-order valence-electron chi connectivity index (χ3n) is 4.31. The molecule has 0 aromatic heterocycles. The first kappa shape index (κ1) is 16.5. The van der Waals surface area contributed by atoms with E-state index in [4.69, 9.17) is 4.74 Å². The number of carbonyl (C=O) groups is 1. The third kappa shape index (κ3) is 4.15. The second-order valence-electron chi connectivity index (χ2n) is 6.50. The van der Waals surface area contributed by atoms with Crippen molar-refractivity contribution in [2.45, 2.75) is 39.4 Å². The highest BCUT2D eigenvalue weighted by Crippen LogP contribution is 2.19. The van der Waals surface area contributed by atoms with Crippen molar-refractivity contribution in [3.8, 4) is 5.75 Å². The van der Waals surface area contributed by atoms with E-state index in [1.165, 1.54) is 16.7 Å². The number of rotatable bonds is 6. The van der Waals surface area contributed by atoms with Crippen LogP contribution in [0.25, 0.3) is 0 Å². The monoisotopic (exact) mass is 324 g/mol. The smallest absolute Gasteiger partial charge is 0.258 e. The van der Waals surface area contributed by atoms with Crippen LogP contribution in [0.15, 0.2) is 42.5 Å². The SMILES string of the molecule is CC(C)c1ccc(OCC(=O)NCc2ccc3c(c2)CNC3)cc1. The summed E-state index contributed by atoms with van der Waals surface area (Å²) in [5.41, 5.74) is 5.05. The van der Waals surface area contributed by atoms with Crippen molar-refractivity contribution in [1.82, 2.24) is 10.6 Å². The maximum absolute atomic E-state index is 12.0. The van der Waals surface area contributed by atoms with Gasteiger partial charge in [-0.25, -0.2) is 0 Å². The summed E-state index contributed by atoms with van der Waals surface area (Å²) in [4.78, 5) is 12.0. The minimum atomic E-state index is -0.110. The van der Waals surface area contributed by atoms with Crippen molar-refractivity contribution < 1.29 is 9.53 Å². The number of fused-ring (bicyclic) bond motifs is 1. The van der Waals surface area contributed by atoms with Crippen LogP contribution in [-0.2, 0) is 24.4 Å². The van der Waals surface area contributed by atoms with E-state index >= 15 is 0 Å². The molecule has 1 heterocycles. The van der Waals surface area contributed by atoms with E-state index < -0.39 is 0 Å². The predicted molar refractivity (Wildman–Crippen MR) is 94.9 cm³/mol. The van der Waals surface area contributed by atoms with Gasteiger partial charge in [-0.05, 0) is 40.3 Å². The molecule has 0 fully saturated rings. The summed E-state index contributed by atoms with van der Waals surface area (Å²) in [6.45, 7) is 6.71. The molecule has 2 aromatic carbocycles. The average Bonchev–Trinajstić information content (AvgIpc) is 3.06. The van der Waals surface area contributed by atoms with Crippen molar-refractivity contribution in [3.05, 3.63) is 64.7 Å². The van der Waals surface area contributed by atoms with Crippen molar-refractivity contribution in [2.75, 3.05) is 6.61 Å². The fourth-order valence-electron chi connectivity index (χ4n) is 2.81. The molecule has 0 unspecified atom stereocenters. The molecule has 4 nitrogen and oxygen atoms in total. The minimum absolute atomic E-state index is 0.0352. The first-order valence-electron chi connectivity index (χ1n) is 8.42. The summed E-state index contributed by atoms with van der Waals surface area (Å²) in [6, 6.07) is 14.3. The van der Waals surface area contributed by atoms with Crippen LogP contribution < -0.4 is 15.4 Å². The lowest BCUT2D eigenvalue weighted by atomic mass is 10.0. The summed E-state index contributed by atoms with van der Waals surface area (Å²) >= 11 is 0. The molecule has 0 aliphatic carbocycles. The zero-order valence-corrected chi connectivity index (χ0v) is 14.3. The molecule has 0 saturated heterocycles. The van der Waals surface area contributed by atoms with Crippen molar-refractivity contribution in [3.63, 3.8) is 0 Å². The zero-order valence-electron chi connectivity index (χ0n) is 14.3. The Labute approximate surface area is 143 Å². The highest BCUT2D eigenvalue weighted by atomic mass is 16.5. The van der Waals surface area contributed by atoms with Gasteiger partial charge in [0.1, 0.15) is 5.75 Å². The van der Waals surface area contributed by atoms with Gasteiger partial charge in [0.25, 0.3) is 5.91 Å². The number of amides is 1. The molecule has 0 spiro atoms. The summed E-state index contributed by atoms with van der Waals surface area (Å²) in [6.07, 6.45) is 0. The molecule has 1 aliphatic rings. The Hall–Kier alpha value is -2.33. The highest BCUT2D eigenvalue weighted by molar-refractivity contribution is 5.77. The van der Waals surface area contributed by atoms with Gasteiger partial charge in [0.05, 0.1) is 0 Å². The lowest BCUT2D eigenvalue weighted by Crippen LogP contribution is -2.28. The van der Waals surface area contributed by atoms with Crippen molar-refractivity contribution in [2.24, 2.45) is 0 Å². The fourth-order valence-corrected chi connectivity index (χ4v) is 2.81. The molecule has 1 amide bonds. The maximum Gasteiger partial charge on any atom is 0.258 e. The second kappa shape index (κ2) is 7.49. The molecule has 24 heavy (non-hydrogen) atoms. The van der Waals surface area contributed by atoms with Gasteiger partial charge in [-0.1, -0.05) is 44.2 Å². The zero-order chi connectivity index (χ0) is 16.9. The van der Waals surface area contributed by atoms with E-state index in [9.17, 15) is 4.79 Å². The fraction of sp³-hybridized carbons (Fsp3) is 0.350. The molecular formula is C20H24N2O2. The van der Waals surface area contributed by atoms with Gasteiger partial charge in [0.15, 0.2) is 6.61 Å². The molecule has 0 atom stereocenters. The number of carbonyl (C=O) groups excluding carboxylic acids is 1. The molecule has 2 N–H and O–H groups in total. The largest absolute Gasteiger partial charge is 0.484 e. The highest BCUT2D eigenvalue weighted by Gasteiger charge is 2.10. The van der Waals surface area contributed by atoms with Gasteiger partial charge in [0.2, 0.25) is 0 Å². The molecule has 4 heteroatoms. The van der Waals surface area contributed by atoms with Gasteiger partial charge < -0.3 is 15.4 Å². The summed E-state index contributed by atoms with van der Waals surface area (Å²) < 4.78 is 5.54. The van der Waals surface area contributed by atoms with E-state index in [-0.39, 0.29) is 12.5 Å². The standard InChI is InChI=1S/C20H24N2O2/c1-14(2)16-5-7-19(8-6-16)24-13-20(23)22-10-15-3-4-17-11-21-12-18(17)9-15/h3-9,14,21H,10-13H2,1-2H3,(H,22,23). The van der Waals surface area contributed by atoms with Crippen molar-refractivity contribution >= 4 is 5.91 Å². The van der Waals surface area contributed by atoms with E-state index in [0.717, 1.165) is 24.4 Å². The van der Waals surface area contributed by atoms with Crippen LogP contribution in [-0.4, -0.2) is 12.5 Å². The topological polar surface area (TPSA) is 50.4 Å². The maximum atomic E-state index is 12.0. The van der Waals surface area contributed by atoms with Gasteiger partial charge >= 0.3 is 0 Å². The van der Waals surface area contributed by atoms with Crippen LogP contribution in [0, 0.1) is 0 Å². The van der Waals surface area contributed by atoms with Gasteiger partial charge in [-0.15, -0.1) is 0 Å². The molecule has 0 radical (unpaired) electrons. The molecule has 126 valence electrons. The molecular weight excluding hydrogens is 300 g/mol. The van der Waals surface area contributed by atoms with Crippen LogP contribution in [0.5, 0.6) is 5.75 Å². The Bertz CT molecular complexity index is 708. The normalized spacial score (nSPS) is 13.0. The Morgan fingerprint density at radius 2 is 1.88 bits per heavy atom. The lowest BCUT2D eigenvalue weighted by Gasteiger charge is -2.10. The lowest BCUT2D eigenvalue weighted by molar-refractivity contribution is -0.123. The summed E-state index contributed by atoms with van der Waals surface area (Å²) in [5, 5.41) is 6.23. The predicted octanol–water partition coefficient (Wildman–Crippen LogP) is 3.11. The quantitative estimate of drug-likeness (QED) is 0.858. The Morgan fingerprint density at radius 1 is 1.12 bits per heavy atom. The number of benzene rings is 2. The number of hydrogen-bond donors (Lipinski definition) is 2. The van der Waals surface area contributed by atoms with Crippen LogP contribution in [0.1, 0.15) is 42.0 Å². The summed E-state index contributed by atoms with van der Waals surface area (Å²) in [5.74, 6) is 1.10. The number of ether oxygens (including phenoxy) is 1. The Kier molecular flexibility index (Phi) is 5.16. The second-order valence-corrected chi connectivity index (χ2v) is 6.50. The van der Waals surface area contributed by atoms with E-state index in [1.54, 1.807) is 0 Å². The van der Waals surface area contributed by atoms with Gasteiger partial charge in [-0.2, -0.15) is 0 Å². The van der Waals surface area contributed by atoms with Crippen LogP contribution in [0.3, 0.4) is 0 Å². The molecule has 1 aliphatic heterocycles. The summed E-state index contributed by atoms with van der Waals surface area (Å²) in [7, 11) is 0. The van der Waals surface area contributed by atoms with Gasteiger partial charge in [0, 0.05) is 19.6 Å². The van der Waals surface area contributed by atoms with Crippen LogP contribution in [0.4, 0.5) is 0 Å². The molecule has 0 bridgehead atoms. The van der Waals surface area contributed by atoms with Crippen LogP contribution in [0.2, 0.25) is 0 Å². The molecule has 3 rings (SSSR count). The van der Waals surface area contributed by atoms with Crippen molar-refractivity contribution in [1.29, 1.82) is 0 Å². The average molecular weight is 324 g/mol. The number of hydrogen-bond acceptors (Lipinski definition) is 3. The molecule has 0 saturated carbocycles.